The number of hydrogen-bond acceptors (Lipinski definition) is 4. The Morgan fingerprint density at radius 1 is 1.37 bits per heavy atom. The summed E-state index contributed by atoms with van der Waals surface area (Å²) in [6.45, 7) is 2.23. The first-order valence-electron chi connectivity index (χ1n) is 6.63. The van der Waals surface area contributed by atoms with E-state index in [0.717, 1.165) is 6.54 Å². The van der Waals surface area contributed by atoms with Crippen LogP contribution in [0.3, 0.4) is 0 Å². The van der Waals surface area contributed by atoms with Gasteiger partial charge in [0, 0.05) is 23.0 Å². The van der Waals surface area contributed by atoms with Crippen LogP contribution in [0.2, 0.25) is 0 Å². The summed E-state index contributed by atoms with van der Waals surface area (Å²) in [6, 6.07) is 9.47. The third kappa shape index (κ3) is 3.02. The maximum Gasteiger partial charge on any atom is 0.110 e. The van der Waals surface area contributed by atoms with E-state index in [0.29, 0.717) is 6.04 Å². The largest absolute Gasteiger partial charge is 0.290 e. The molecule has 19 heavy (non-hydrogen) atoms. The topological polar surface area (TPSA) is 16.1 Å². The second kappa shape index (κ2) is 6.07. The second-order valence-corrected chi connectivity index (χ2v) is 6.65. The molecule has 1 aromatic heterocycles. The molecule has 1 saturated heterocycles. The molecule has 1 unspecified atom stereocenters. The lowest BCUT2D eigenvalue weighted by atomic mass is 10.2. The van der Waals surface area contributed by atoms with E-state index < -0.39 is 0 Å². The Kier molecular flexibility index (Phi) is 4.21. The van der Waals surface area contributed by atoms with E-state index in [9.17, 15) is 0 Å². The highest BCUT2D eigenvalue weighted by Gasteiger charge is 2.27. The second-order valence-electron chi connectivity index (χ2n) is 4.85. The fourth-order valence-corrected chi connectivity index (χ4v) is 3.87. The van der Waals surface area contributed by atoms with Gasteiger partial charge < -0.3 is 0 Å². The van der Waals surface area contributed by atoms with Crippen LogP contribution < -0.4 is 0 Å². The SMILES string of the molecule is CSc1ccc(CN2CCCC2c2nccs2)cc1. The first-order chi connectivity index (χ1) is 9.36. The standard InChI is InChI=1S/C15H18N2S2/c1-18-13-6-4-12(5-7-13)11-17-9-2-3-14(17)15-16-8-10-19-15/h4-8,10,14H,2-3,9,11H2,1H3. The summed E-state index contributed by atoms with van der Waals surface area (Å²) in [5, 5.41) is 3.36. The Bertz CT molecular complexity index is 507. The predicted molar refractivity (Wildman–Crippen MR) is 82.7 cm³/mol. The van der Waals surface area contributed by atoms with E-state index in [2.05, 4.69) is 45.8 Å². The van der Waals surface area contributed by atoms with E-state index in [1.807, 2.05) is 6.20 Å². The van der Waals surface area contributed by atoms with Gasteiger partial charge in [0.15, 0.2) is 0 Å². The van der Waals surface area contributed by atoms with Crippen molar-refractivity contribution in [1.29, 1.82) is 0 Å². The molecular weight excluding hydrogens is 272 g/mol. The van der Waals surface area contributed by atoms with Gasteiger partial charge in [-0.3, -0.25) is 4.90 Å². The van der Waals surface area contributed by atoms with Crippen molar-refractivity contribution in [3.8, 4) is 0 Å². The van der Waals surface area contributed by atoms with E-state index >= 15 is 0 Å². The van der Waals surface area contributed by atoms with Crippen molar-refractivity contribution in [3.05, 3.63) is 46.4 Å². The molecule has 0 N–H and O–H groups in total. The fraction of sp³-hybridized carbons (Fsp3) is 0.400. The van der Waals surface area contributed by atoms with Gasteiger partial charge in [0.05, 0.1) is 6.04 Å². The molecule has 0 aliphatic carbocycles. The van der Waals surface area contributed by atoms with Crippen molar-refractivity contribution in [2.24, 2.45) is 0 Å². The number of thioether (sulfide) groups is 1. The Morgan fingerprint density at radius 3 is 2.89 bits per heavy atom. The molecule has 2 heterocycles. The first-order valence-corrected chi connectivity index (χ1v) is 8.73. The molecule has 0 amide bonds. The molecule has 4 heteroatoms. The highest BCUT2D eigenvalue weighted by molar-refractivity contribution is 7.98. The fourth-order valence-electron chi connectivity index (χ4n) is 2.66. The molecular formula is C15H18N2S2. The number of rotatable bonds is 4. The van der Waals surface area contributed by atoms with Crippen molar-refractivity contribution < 1.29 is 0 Å². The molecule has 0 bridgehead atoms. The minimum atomic E-state index is 0.528. The van der Waals surface area contributed by atoms with Crippen LogP contribution in [-0.2, 0) is 6.54 Å². The molecule has 0 spiro atoms. The lowest BCUT2D eigenvalue weighted by molar-refractivity contribution is 0.248. The zero-order valence-corrected chi connectivity index (χ0v) is 12.7. The smallest absolute Gasteiger partial charge is 0.110 e. The normalized spacial score (nSPS) is 19.9. The number of aromatic nitrogens is 1. The summed E-state index contributed by atoms with van der Waals surface area (Å²) in [4.78, 5) is 8.39. The third-order valence-electron chi connectivity index (χ3n) is 3.64. The number of likely N-dealkylation sites (tertiary alicyclic amines) is 1. The molecule has 0 saturated carbocycles. The molecule has 3 rings (SSSR count). The molecule has 100 valence electrons. The summed E-state index contributed by atoms with van der Waals surface area (Å²) in [6.07, 6.45) is 6.57. The van der Waals surface area contributed by atoms with Crippen LogP contribution in [0, 0.1) is 0 Å². The minimum absolute atomic E-state index is 0.528. The van der Waals surface area contributed by atoms with Gasteiger partial charge >= 0.3 is 0 Å². The highest BCUT2D eigenvalue weighted by atomic mass is 32.2. The first kappa shape index (κ1) is 13.2. The summed E-state index contributed by atoms with van der Waals surface area (Å²) in [5.41, 5.74) is 1.40. The van der Waals surface area contributed by atoms with E-state index in [-0.39, 0.29) is 0 Å². The van der Waals surface area contributed by atoms with Crippen molar-refractivity contribution in [3.63, 3.8) is 0 Å². The van der Waals surface area contributed by atoms with Crippen LogP contribution >= 0.6 is 23.1 Å². The molecule has 1 aliphatic heterocycles. The quantitative estimate of drug-likeness (QED) is 0.785. The van der Waals surface area contributed by atoms with Gasteiger partial charge in [-0.1, -0.05) is 12.1 Å². The number of thiazole rings is 1. The van der Waals surface area contributed by atoms with Gasteiger partial charge in [-0.05, 0) is 43.3 Å². The van der Waals surface area contributed by atoms with Gasteiger partial charge in [0.1, 0.15) is 5.01 Å². The van der Waals surface area contributed by atoms with Crippen molar-refractivity contribution in [2.45, 2.75) is 30.3 Å². The molecule has 2 nitrogen and oxygen atoms in total. The van der Waals surface area contributed by atoms with Gasteiger partial charge in [-0.15, -0.1) is 23.1 Å². The maximum absolute atomic E-state index is 4.49. The molecule has 0 radical (unpaired) electrons. The van der Waals surface area contributed by atoms with Crippen LogP contribution in [0.4, 0.5) is 0 Å². The number of nitrogens with zero attached hydrogens (tertiary/aromatic N) is 2. The maximum atomic E-state index is 4.49. The third-order valence-corrected chi connectivity index (χ3v) is 5.27. The predicted octanol–water partition coefficient (Wildman–Crippen LogP) is 4.20. The van der Waals surface area contributed by atoms with Gasteiger partial charge in [-0.25, -0.2) is 4.98 Å². The monoisotopic (exact) mass is 290 g/mol. The van der Waals surface area contributed by atoms with Gasteiger partial charge in [0.25, 0.3) is 0 Å². The molecule has 1 fully saturated rings. The Balaban J connectivity index is 1.71. The molecule has 1 aromatic carbocycles. The lowest BCUT2D eigenvalue weighted by Gasteiger charge is -2.22. The van der Waals surface area contributed by atoms with Gasteiger partial charge in [0.2, 0.25) is 0 Å². The summed E-state index contributed by atoms with van der Waals surface area (Å²) in [5.74, 6) is 0. The summed E-state index contributed by atoms with van der Waals surface area (Å²) in [7, 11) is 0. The lowest BCUT2D eigenvalue weighted by Crippen LogP contribution is -2.22. The Morgan fingerprint density at radius 2 is 2.21 bits per heavy atom. The van der Waals surface area contributed by atoms with E-state index in [1.165, 1.54) is 34.9 Å². The average molecular weight is 290 g/mol. The Labute approximate surface area is 122 Å². The van der Waals surface area contributed by atoms with Crippen LogP contribution in [0.25, 0.3) is 0 Å². The molecule has 1 aliphatic rings. The number of benzene rings is 1. The van der Waals surface area contributed by atoms with E-state index in [1.54, 1.807) is 23.1 Å². The van der Waals surface area contributed by atoms with E-state index in [4.69, 9.17) is 0 Å². The zero-order valence-electron chi connectivity index (χ0n) is 11.1. The van der Waals surface area contributed by atoms with Crippen LogP contribution in [0.15, 0.2) is 40.7 Å². The zero-order chi connectivity index (χ0) is 13.1. The minimum Gasteiger partial charge on any atom is -0.290 e. The number of hydrogen-bond donors (Lipinski definition) is 0. The summed E-state index contributed by atoms with van der Waals surface area (Å²) >= 11 is 3.58. The van der Waals surface area contributed by atoms with Crippen LogP contribution in [-0.4, -0.2) is 22.7 Å². The Hall–Kier alpha value is -0.840. The molecule has 2 aromatic rings. The summed E-state index contributed by atoms with van der Waals surface area (Å²) < 4.78 is 0. The average Bonchev–Trinajstić information content (AvgIpc) is 3.10. The van der Waals surface area contributed by atoms with Crippen LogP contribution in [0.5, 0.6) is 0 Å². The van der Waals surface area contributed by atoms with Crippen molar-refractivity contribution in [1.82, 2.24) is 9.88 Å². The highest BCUT2D eigenvalue weighted by Crippen LogP contribution is 2.34. The van der Waals surface area contributed by atoms with Crippen LogP contribution in [0.1, 0.15) is 29.5 Å². The van der Waals surface area contributed by atoms with Crippen molar-refractivity contribution in [2.75, 3.05) is 12.8 Å². The van der Waals surface area contributed by atoms with Crippen molar-refractivity contribution >= 4 is 23.1 Å². The molecule has 1 atom stereocenters. The van der Waals surface area contributed by atoms with Gasteiger partial charge in [-0.2, -0.15) is 0 Å².